The van der Waals surface area contributed by atoms with Gasteiger partial charge in [-0.15, -0.1) is 0 Å². The molecule has 0 aliphatic heterocycles. The maximum Gasteiger partial charge on any atom is 0.182 e. The molecule has 130 valence electrons. The second-order valence-electron chi connectivity index (χ2n) is 7.52. The molecule has 0 atom stereocenters. The molecular weight excluding hydrogens is 328 g/mol. The third-order valence-electron chi connectivity index (χ3n) is 5.86. The SMILES string of the molecule is Cc1ccc(C2(c3ccc(C)cc3)C(=O)c3cccc4cccc2c34)cc1. The van der Waals surface area contributed by atoms with E-state index in [-0.39, 0.29) is 5.78 Å². The van der Waals surface area contributed by atoms with Gasteiger partial charge in [0.1, 0.15) is 5.41 Å². The highest BCUT2D eigenvalue weighted by Crippen LogP contribution is 2.50. The largest absolute Gasteiger partial charge is 0.292 e. The fourth-order valence-electron chi connectivity index (χ4n) is 4.51. The van der Waals surface area contributed by atoms with Crippen LogP contribution >= 0.6 is 0 Å². The maximum absolute atomic E-state index is 14.0. The Labute approximate surface area is 159 Å². The second kappa shape index (κ2) is 5.65. The van der Waals surface area contributed by atoms with E-state index in [4.69, 9.17) is 0 Å². The van der Waals surface area contributed by atoms with Gasteiger partial charge in [-0.1, -0.05) is 96.1 Å². The Morgan fingerprint density at radius 1 is 0.630 bits per heavy atom. The van der Waals surface area contributed by atoms with E-state index in [1.807, 2.05) is 12.1 Å². The lowest BCUT2D eigenvalue weighted by Crippen LogP contribution is -2.35. The van der Waals surface area contributed by atoms with Crippen molar-refractivity contribution in [2.24, 2.45) is 0 Å². The molecule has 0 amide bonds. The Bertz CT molecular complexity index is 1130. The number of benzene rings is 4. The lowest BCUT2D eigenvalue weighted by Gasteiger charge is -2.31. The first-order chi connectivity index (χ1) is 13.1. The molecule has 0 unspecified atom stereocenters. The van der Waals surface area contributed by atoms with Gasteiger partial charge in [0.25, 0.3) is 0 Å². The van der Waals surface area contributed by atoms with Gasteiger partial charge in [-0.3, -0.25) is 4.79 Å². The molecule has 1 heteroatoms. The third-order valence-corrected chi connectivity index (χ3v) is 5.86. The average molecular weight is 348 g/mol. The first kappa shape index (κ1) is 16.0. The van der Waals surface area contributed by atoms with Crippen LogP contribution in [0.4, 0.5) is 0 Å². The van der Waals surface area contributed by atoms with Crippen molar-refractivity contribution >= 4 is 16.6 Å². The van der Waals surface area contributed by atoms with Gasteiger partial charge in [0.05, 0.1) is 0 Å². The van der Waals surface area contributed by atoms with E-state index >= 15 is 0 Å². The average Bonchev–Trinajstić information content (AvgIpc) is 2.95. The Kier molecular flexibility index (Phi) is 3.35. The number of ketones is 1. The minimum Gasteiger partial charge on any atom is -0.292 e. The van der Waals surface area contributed by atoms with Crippen LogP contribution in [0.25, 0.3) is 10.8 Å². The van der Waals surface area contributed by atoms with E-state index in [2.05, 4.69) is 86.6 Å². The smallest absolute Gasteiger partial charge is 0.182 e. The third kappa shape index (κ3) is 2.09. The lowest BCUT2D eigenvalue weighted by atomic mass is 9.68. The Morgan fingerprint density at radius 2 is 1.15 bits per heavy atom. The van der Waals surface area contributed by atoms with Crippen LogP contribution in [0.3, 0.4) is 0 Å². The maximum atomic E-state index is 14.0. The van der Waals surface area contributed by atoms with Crippen molar-refractivity contribution in [1.29, 1.82) is 0 Å². The molecule has 0 N–H and O–H groups in total. The van der Waals surface area contributed by atoms with Gasteiger partial charge in [-0.2, -0.15) is 0 Å². The number of hydrogen-bond acceptors (Lipinski definition) is 1. The zero-order valence-electron chi connectivity index (χ0n) is 15.5. The zero-order valence-corrected chi connectivity index (χ0v) is 15.5. The fourth-order valence-corrected chi connectivity index (χ4v) is 4.51. The topological polar surface area (TPSA) is 17.1 Å². The summed E-state index contributed by atoms with van der Waals surface area (Å²) >= 11 is 0. The molecule has 0 heterocycles. The molecule has 0 aromatic heterocycles. The molecule has 0 saturated carbocycles. The highest BCUT2D eigenvalue weighted by molar-refractivity contribution is 6.23. The predicted molar refractivity (Wildman–Crippen MR) is 111 cm³/mol. The molecule has 0 radical (unpaired) electrons. The molecule has 0 bridgehead atoms. The van der Waals surface area contributed by atoms with E-state index < -0.39 is 5.41 Å². The molecule has 0 spiro atoms. The van der Waals surface area contributed by atoms with E-state index in [9.17, 15) is 4.79 Å². The summed E-state index contributed by atoms with van der Waals surface area (Å²) in [4.78, 5) is 14.0. The molecule has 27 heavy (non-hydrogen) atoms. The Balaban J connectivity index is 1.93. The van der Waals surface area contributed by atoms with Crippen molar-refractivity contribution in [3.63, 3.8) is 0 Å². The van der Waals surface area contributed by atoms with Gasteiger partial charge in [0.15, 0.2) is 5.78 Å². The van der Waals surface area contributed by atoms with Crippen molar-refractivity contribution in [3.8, 4) is 0 Å². The van der Waals surface area contributed by atoms with Crippen LogP contribution in [0.5, 0.6) is 0 Å². The molecule has 4 aromatic rings. The minimum absolute atomic E-state index is 0.169. The van der Waals surface area contributed by atoms with Crippen LogP contribution in [-0.4, -0.2) is 5.78 Å². The van der Waals surface area contributed by atoms with Gasteiger partial charge < -0.3 is 0 Å². The molecule has 1 aliphatic rings. The highest BCUT2D eigenvalue weighted by Gasteiger charge is 2.49. The molecular formula is C26H20O. The number of carbonyl (C=O) groups excluding carboxylic acids is 1. The van der Waals surface area contributed by atoms with Crippen molar-refractivity contribution in [3.05, 3.63) is 118 Å². The van der Waals surface area contributed by atoms with Gasteiger partial charge >= 0.3 is 0 Å². The van der Waals surface area contributed by atoms with Gasteiger partial charge in [0, 0.05) is 5.56 Å². The van der Waals surface area contributed by atoms with E-state index in [0.29, 0.717) is 0 Å². The monoisotopic (exact) mass is 348 g/mol. The van der Waals surface area contributed by atoms with Crippen molar-refractivity contribution in [2.45, 2.75) is 19.3 Å². The number of aryl methyl sites for hydroxylation is 2. The summed E-state index contributed by atoms with van der Waals surface area (Å²) in [5, 5.41) is 2.21. The van der Waals surface area contributed by atoms with E-state index in [0.717, 1.165) is 33.0 Å². The standard InChI is InChI=1S/C26H20O/c1-17-9-13-20(14-10-17)26(21-15-11-18(2)12-16-21)23-8-4-6-19-5-3-7-22(24(19)23)25(26)27/h3-16H,1-2H3. The molecule has 1 nitrogen and oxygen atoms in total. The first-order valence-corrected chi connectivity index (χ1v) is 9.33. The summed E-state index contributed by atoms with van der Waals surface area (Å²) in [7, 11) is 0. The summed E-state index contributed by atoms with van der Waals surface area (Å²) < 4.78 is 0. The summed E-state index contributed by atoms with van der Waals surface area (Å²) in [5.74, 6) is 0.169. The fraction of sp³-hybridized carbons (Fsp3) is 0.115. The Hall–Kier alpha value is -3.19. The van der Waals surface area contributed by atoms with Crippen LogP contribution in [-0.2, 0) is 5.41 Å². The van der Waals surface area contributed by atoms with Crippen molar-refractivity contribution < 1.29 is 4.79 Å². The van der Waals surface area contributed by atoms with Crippen LogP contribution < -0.4 is 0 Å². The summed E-state index contributed by atoms with van der Waals surface area (Å²) in [6.45, 7) is 4.16. The molecule has 1 aliphatic carbocycles. The summed E-state index contributed by atoms with van der Waals surface area (Å²) in [6, 6.07) is 29.2. The second-order valence-corrected chi connectivity index (χ2v) is 7.52. The quantitative estimate of drug-likeness (QED) is 0.435. The predicted octanol–water partition coefficient (Wildman–Crippen LogP) is 5.99. The van der Waals surface area contributed by atoms with Gasteiger partial charge in [-0.25, -0.2) is 0 Å². The number of hydrogen-bond donors (Lipinski definition) is 0. The normalized spacial score (nSPS) is 14.7. The minimum atomic E-state index is -0.787. The van der Waals surface area contributed by atoms with Crippen LogP contribution in [0, 0.1) is 13.8 Å². The first-order valence-electron chi connectivity index (χ1n) is 9.33. The summed E-state index contributed by atoms with van der Waals surface area (Å²) in [5.41, 5.74) is 5.58. The van der Waals surface area contributed by atoms with Crippen molar-refractivity contribution in [1.82, 2.24) is 0 Å². The van der Waals surface area contributed by atoms with Crippen LogP contribution in [0.15, 0.2) is 84.9 Å². The lowest BCUT2D eigenvalue weighted by molar-refractivity contribution is 0.0945. The molecule has 0 saturated heterocycles. The summed E-state index contributed by atoms with van der Waals surface area (Å²) in [6.07, 6.45) is 0. The van der Waals surface area contributed by atoms with Gasteiger partial charge in [0.2, 0.25) is 0 Å². The zero-order chi connectivity index (χ0) is 18.6. The molecule has 5 rings (SSSR count). The Morgan fingerprint density at radius 3 is 1.70 bits per heavy atom. The van der Waals surface area contributed by atoms with E-state index in [1.165, 1.54) is 11.1 Å². The highest BCUT2D eigenvalue weighted by atomic mass is 16.1. The number of Topliss-reactive ketones (excluding diaryl/α,β-unsaturated/α-hetero) is 1. The van der Waals surface area contributed by atoms with Crippen LogP contribution in [0.2, 0.25) is 0 Å². The van der Waals surface area contributed by atoms with E-state index in [1.54, 1.807) is 0 Å². The number of rotatable bonds is 2. The number of carbonyl (C=O) groups is 1. The molecule has 4 aromatic carbocycles. The van der Waals surface area contributed by atoms with Crippen molar-refractivity contribution in [2.75, 3.05) is 0 Å². The molecule has 0 fully saturated rings. The van der Waals surface area contributed by atoms with Crippen LogP contribution in [0.1, 0.15) is 38.2 Å². The van der Waals surface area contributed by atoms with Gasteiger partial charge in [-0.05, 0) is 41.3 Å².